The first-order valence-corrected chi connectivity index (χ1v) is 14.0. The van der Waals surface area contributed by atoms with E-state index >= 15 is 0 Å². The van der Waals surface area contributed by atoms with E-state index in [1.54, 1.807) is 12.1 Å². The van der Waals surface area contributed by atoms with Crippen molar-refractivity contribution in [2.75, 3.05) is 18.2 Å². The summed E-state index contributed by atoms with van der Waals surface area (Å²) in [4.78, 5) is 26.3. The number of carbonyl (C=O) groups is 1. The number of hydrogen-bond acceptors (Lipinski definition) is 8. The number of nitrogens with zero attached hydrogens (tertiary/aromatic N) is 3. The van der Waals surface area contributed by atoms with E-state index in [0.717, 1.165) is 35.7 Å². The highest BCUT2D eigenvalue weighted by Crippen LogP contribution is 2.35. The topological polar surface area (TPSA) is 86.2 Å². The van der Waals surface area contributed by atoms with Gasteiger partial charge in [-0.2, -0.15) is 11.8 Å². The van der Waals surface area contributed by atoms with Crippen LogP contribution in [0.4, 0.5) is 11.6 Å². The van der Waals surface area contributed by atoms with Gasteiger partial charge in [0.1, 0.15) is 17.7 Å². The first-order chi connectivity index (χ1) is 17.3. The largest absolute Gasteiger partial charge is 0.477 e. The number of cyclic esters (lactones) is 1. The normalized spacial score (nSPS) is 18.9. The van der Waals surface area contributed by atoms with Crippen molar-refractivity contribution in [3.63, 3.8) is 0 Å². The molecule has 192 valence electrons. The molecule has 0 spiro atoms. The third-order valence-corrected chi connectivity index (χ3v) is 8.05. The predicted molar refractivity (Wildman–Crippen MR) is 147 cm³/mol. The number of thioether (sulfide) groups is 1. The summed E-state index contributed by atoms with van der Waals surface area (Å²) >= 11 is 1.83. The zero-order valence-corrected chi connectivity index (χ0v) is 22.8. The highest BCUT2D eigenvalue weighted by Gasteiger charge is 2.31. The molecular weight excluding hydrogens is 472 g/mol. The molecule has 0 radical (unpaired) electrons. The van der Waals surface area contributed by atoms with Gasteiger partial charge in [0, 0.05) is 23.6 Å². The molecule has 0 amide bonds. The molecule has 1 aliphatic rings. The van der Waals surface area contributed by atoms with Crippen molar-refractivity contribution < 1.29 is 14.3 Å². The SMILES string of the molecule is CCCC(C)c1cnc(OCCC(C)SC)c2cnc(Nc3ccc4c(n3)C(C)[C@H](C)OC4=O)cc12. The average Bonchev–Trinajstić information content (AvgIpc) is 2.87. The number of pyridine rings is 3. The third-order valence-electron chi connectivity index (χ3n) is 7.01. The van der Waals surface area contributed by atoms with Gasteiger partial charge in [-0.05, 0) is 61.1 Å². The highest BCUT2D eigenvalue weighted by molar-refractivity contribution is 7.99. The molecule has 0 aromatic carbocycles. The summed E-state index contributed by atoms with van der Waals surface area (Å²) in [5, 5.41) is 5.88. The molecule has 3 aromatic rings. The lowest BCUT2D eigenvalue weighted by Crippen LogP contribution is -2.29. The van der Waals surface area contributed by atoms with Crippen molar-refractivity contribution in [3.8, 4) is 5.88 Å². The van der Waals surface area contributed by atoms with E-state index in [1.165, 1.54) is 5.56 Å². The van der Waals surface area contributed by atoms with E-state index in [0.29, 0.717) is 40.9 Å². The van der Waals surface area contributed by atoms with Gasteiger partial charge < -0.3 is 14.8 Å². The van der Waals surface area contributed by atoms with Crippen molar-refractivity contribution in [1.29, 1.82) is 0 Å². The van der Waals surface area contributed by atoms with Gasteiger partial charge in [-0.1, -0.05) is 34.1 Å². The molecule has 4 rings (SSSR count). The molecule has 4 atom stereocenters. The minimum atomic E-state index is -0.319. The Kier molecular flexibility index (Phi) is 8.34. The third kappa shape index (κ3) is 5.59. The molecule has 1 aliphatic heterocycles. The van der Waals surface area contributed by atoms with E-state index in [2.05, 4.69) is 48.4 Å². The van der Waals surface area contributed by atoms with Crippen molar-refractivity contribution in [3.05, 3.63) is 47.4 Å². The molecule has 1 N–H and O–H groups in total. The van der Waals surface area contributed by atoms with Gasteiger partial charge in [-0.15, -0.1) is 0 Å². The first-order valence-electron chi connectivity index (χ1n) is 12.8. The number of carbonyl (C=O) groups excluding carboxylic acids is 1. The number of fused-ring (bicyclic) bond motifs is 2. The molecule has 36 heavy (non-hydrogen) atoms. The Balaban J connectivity index is 1.66. The van der Waals surface area contributed by atoms with Crippen LogP contribution < -0.4 is 10.1 Å². The van der Waals surface area contributed by atoms with Gasteiger partial charge in [0.15, 0.2) is 0 Å². The summed E-state index contributed by atoms with van der Waals surface area (Å²) in [6.45, 7) is 11.2. The Morgan fingerprint density at radius 1 is 1.11 bits per heavy atom. The number of nitrogens with one attached hydrogen (secondary N) is 1. The Morgan fingerprint density at radius 3 is 2.67 bits per heavy atom. The first kappa shape index (κ1) is 26.2. The summed E-state index contributed by atoms with van der Waals surface area (Å²) in [5.41, 5.74) is 2.46. The van der Waals surface area contributed by atoms with E-state index in [-0.39, 0.29) is 18.0 Å². The zero-order chi connectivity index (χ0) is 25.8. The number of rotatable bonds is 10. The minimum absolute atomic E-state index is 0.0186. The Bertz CT molecular complexity index is 1230. The van der Waals surface area contributed by atoms with E-state index in [1.807, 2.05) is 38.0 Å². The molecule has 3 unspecified atom stereocenters. The van der Waals surface area contributed by atoms with Gasteiger partial charge in [0.2, 0.25) is 5.88 Å². The van der Waals surface area contributed by atoms with Crippen LogP contribution in [0, 0.1) is 0 Å². The van der Waals surface area contributed by atoms with Crippen LogP contribution in [0.15, 0.2) is 30.6 Å². The van der Waals surface area contributed by atoms with Gasteiger partial charge in [0.25, 0.3) is 0 Å². The maximum atomic E-state index is 12.3. The van der Waals surface area contributed by atoms with Crippen LogP contribution in [0.2, 0.25) is 0 Å². The zero-order valence-electron chi connectivity index (χ0n) is 22.0. The Hall–Kier alpha value is -2.87. The van der Waals surface area contributed by atoms with Crippen molar-refractivity contribution in [2.24, 2.45) is 0 Å². The van der Waals surface area contributed by atoms with Crippen LogP contribution in [-0.2, 0) is 4.74 Å². The van der Waals surface area contributed by atoms with Crippen LogP contribution in [-0.4, -0.2) is 45.1 Å². The van der Waals surface area contributed by atoms with Gasteiger partial charge in [-0.25, -0.2) is 19.7 Å². The molecule has 0 aliphatic carbocycles. The molecule has 0 bridgehead atoms. The van der Waals surface area contributed by atoms with Crippen molar-refractivity contribution in [1.82, 2.24) is 15.0 Å². The lowest BCUT2D eigenvalue weighted by molar-refractivity contribution is 0.0235. The second-order valence-corrected chi connectivity index (χ2v) is 10.9. The van der Waals surface area contributed by atoms with Crippen LogP contribution in [0.3, 0.4) is 0 Å². The second-order valence-electron chi connectivity index (χ2n) is 9.66. The van der Waals surface area contributed by atoms with Crippen LogP contribution in [0.25, 0.3) is 10.8 Å². The Labute approximate surface area is 217 Å². The lowest BCUT2D eigenvalue weighted by atomic mass is 9.94. The average molecular weight is 509 g/mol. The number of aromatic nitrogens is 3. The van der Waals surface area contributed by atoms with E-state index in [9.17, 15) is 4.79 Å². The van der Waals surface area contributed by atoms with Gasteiger partial charge >= 0.3 is 5.97 Å². The standard InChI is InChI=1S/C28H36N4O3S/c1-7-8-16(2)22-14-30-27(34-12-11-17(3)36-6)23-15-29-25(13-21(22)23)31-24-10-9-20-26(32-24)18(4)19(5)35-28(20)33/h9-10,13-19H,7-8,11-12H2,1-6H3,(H,29,31,32)/t16?,17?,18?,19-/m0/s1. The number of anilines is 2. The molecule has 0 saturated heterocycles. The number of ether oxygens (including phenoxy) is 2. The summed E-state index contributed by atoms with van der Waals surface area (Å²) in [6, 6.07) is 5.62. The van der Waals surface area contributed by atoms with Crippen LogP contribution in [0.1, 0.15) is 87.3 Å². The second kappa shape index (κ2) is 11.5. The maximum absolute atomic E-state index is 12.3. The monoisotopic (exact) mass is 508 g/mol. The maximum Gasteiger partial charge on any atom is 0.340 e. The fraction of sp³-hybridized carbons (Fsp3) is 0.500. The number of esters is 1. The predicted octanol–water partition coefficient (Wildman–Crippen LogP) is 6.85. The summed E-state index contributed by atoms with van der Waals surface area (Å²) in [5.74, 6) is 2.02. The van der Waals surface area contributed by atoms with Crippen molar-refractivity contribution >= 4 is 40.1 Å². The van der Waals surface area contributed by atoms with Crippen molar-refractivity contribution in [2.45, 2.75) is 77.1 Å². The Morgan fingerprint density at radius 2 is 1.92 bits per heavy atom. The molecule has 7 nitrogen and oxygen atoms in total. The fourth-order valence-electron chi connectivity index (χ4n) is 4.49. The smallest absolute Gasteiger partial charge is 0.340 e. The van der Waals surface area contributed by atoms with E-state index < -0.39 is 0 Å². The lowest BCUT2D eigenvalue weighted by Gasteiger charge is -2.27. The molecule has 3 aromatic heterocycles. The van der Waals surface area contributed by atoms with Gasteiger partial charge in [0.05, 0.1) is 23.3 Å². The molecule has 0 fully saturated rings. The van der Waals surface area contributed by atoms with Gasteiger partial charge in [-0.3, -0.25) is 0 Å². The summed E-state index contributed by atoms with van der Waals surface area (Å²) in [7, 11) is 0. The molecule has 0 saturated carbocycles. The molecule has 4 heterocycles. The number of hydrogen-bond donors (Lipinski definition) is 1. The van der Waals surface area contributed by atoms with Crippen LogP contribution in [0.5, 0.6) is 5.88 Å². The quantitative estimate of drug-likeness (QED) is 0.297. The summed E-state index contributed by atoms with van der Waals surface area (Å²) < 4.78 is 11.5. The summed E-state index contributed by atoms with van der Waals surface area (Å²) in [6.07, 6.45) is 8.82. The molecular formula is C28H36N4O3S. The van der Waals surface area contributed by atoms with Crippen LogP contribution >= 0.6 is 11.8 Å². The molecule has 8 heteroatoms. The minimum Gasteiger partial charge on any atom is -0.477 e. The van der Waals surface area contributed by atoms with E-state index in [4.69, 9.17) is 14.5 Å². The fourth-order valence-corrected chi connectivity index (χ4v) is 4.82. The highest BCUT2D eigenvalue weighted by atomic mass is 32.2.